The highest BCUT2D eigenvalue weighted by molar-refractivity contribution is 5.34. The molecule has 0 radical (unpaired) electrons. The Morgan fingerprint density at radius 1 is 1.42 bits per heavy atom. The summed E-state index contributed by atoms with van der Waals surface area (Å²) in [5, 5.41) is 7.32. The Balaban J connectivity index is 0.000000354. The summed E-state index contributed by atoms with van der Waals surface area (Å²) in [6.45, 7) is 1.43. The first-order chi connectivity index (χ1) is 5.72. The van der Waals surface area contributed by atoms with Crippen molar-refractivity contribution in [2.24, 2.45) is 0 Å². The Hall–Kier alpha value is -1.56. The van der Waals surface area contributed by atoms with Gasteiger partial charge in [0.2, 0.25) is 0 Å². The predicted octanol–water partition coefficient (Wildman–Crippen LogP) is 1.68. The molecule has 1 aromatic heterocycles. The fourth-order valence-electron chi connectivity index (χ4n) is 0.618. The highest BCUT2D eigenvalue weighted by Crippen LogP contribution is 2.02. The fraction of sp³-hybridized carbons (Fsp3) is 0.333. The van der Waals surface area contributed by atoms with Crippen LogP contribution in [0.4, 0.5) is 5.82 Å². The summed E-state index contributed by atoms with van der Waals surface area (Å²) < 4.78 is 0. The van der Waals surface area contributed by atoms with E-state index in [0.29, 0.717) is 0 Å². The highest BCUT2D eigenvalue weighted by atomic mass is 15.1. The van der Waals surface area contributed by atoms with E-state index in [9.17, 15) is 0 Å². The van der Waals surface area contributed by atoms with Crippen LogP contribution < -0.4 is 4.90 Å². The normalized spacial score (nSPS) is 7.50. The van der Waals surface area contributed by atoms with Gasteiger partial charge in [-0.05, 0) is 12.1 Å². The molecule has 0 aliphatic heterocycles. The van der Waals surface area contributed by atoms with E-state index in [1.165, 1.54) is 6.92 Å². The Morgan fingerprint density at radius 3 is 2.25 bits per heavy atom. The highest BCUT2D eigenvalue weighted by Gasteiger charge is 1.89. The minimum Gasteiger partial charge on any atom is -0.363 e. The van der Waals surface area contributed by atoms with Crippen LogP contribution in [0.25, 0.3) is 0 Å². The number of rotatable bonds is 1. The zero-order valence-electron chi connectivity index (χ0n) is 7.65. The number of anilines is 1. The first-order valence-corrected chi connectivity index (χ1v) is 3.61. The van der Waals surface area contributed by atoms with Crippen LogP contribution in [0.15, 0.2) is 24.4 Å². The Bertz CT molecular complexity index is 236. The Labute approximate surface area is 73.3 Å². The van der Waals surface area contributed by atoms with Crippen LogP contribution in [0, 0.1) is 11.3 Å². The quantitative estimate of drug-likeness (QED) is 0.632. The molecule has 3 nitrogen and oxygen atoms in total. The predicted molar refractivity (Wildman–Crippen MR) is 49.9 cm³/mol. The molecule has 0 saturated heterocycles. The average molecular weight is 163 g/mol. The van der Waals surface area contributed by atoms with Gasteiger partial charge in [-0.3, -0.25) is 0 Å². The van der Waals surface area contributed by atoms with E-state index in [1.807, 2.05) is 37.2 Å². The molecular weight excluding hydrogens is 150 g/mol. The fourth-order valence-corrected chi connectivity index (χ4v) is 0.618. The largest absolute Gasteiger partial charge is 0.363 e. The van der Waals surface area contributed by atoms with E-state index in [1.54, 1.807) is 12.3 Å². The molecule has 1 heterocycles. The van der Waals surface area contributed by atoms with E-state index >= 15 is 0 Å². The van der Waals surface area contributed by atoms with Crippen LogP contribution in [0.3, 0.4) is 0 Å². The van der Waals surface area contributed by atoms with Crippen LogP contribution >= 0.6 is 0 Å². The van der Waals surface area contributed by atoms with Gasteiger partial charge in [0.05, 0.1) is 6.07 Å². The SMILES string of the molecule is CC#N.CN(C)c1ccccn1. The molecule has 0 saturated carbocycles. The van der Waals surface area contributed by atoms with Gasteiger partial charge in [0.1, 0.15) is 5.82 Å². The lowest BCUT2D eigenvalue weighted by Gasteiger charge is -2.08. The molecule has 1 aromatic rings. The van der Waals surface area contributed by atoms with Crippen molar-refractivity contribution in [2.45, 2.75) is 6.92 Å². The average Bonchev–Trinajstić information content (AvgIpc) is 2.07. The summed E-state index contributed by atoms with van der Waals surface area (Å²) in [4.78, 5) is 6.08. The van der Waals surface area contributed by atoms with Crippen LogP contribution in [0.5, 0.6) is 0 Å². The lowest BCUT2D eigenvalue weighted by Crippen LogP contribution is -2.09. The maximum atomic E-state index is 7.32. The molecule has 0 fully saturated rings. The lowest BCUT2D eigenvalue weighted by atomic mass is 10.4. The van der Waals surface area contributed by atoms with Crippen molar-refractivity contribution in [3.05, 3.63) is 24.4 Å². The second-order valence-corrected chi connectivity index (χ2v) is 2.31. The monoisotopic (exact) mass is 163 g/mol. The van der Waals surface area contributed by atoms with Crippen molar-refractivity contribution in [1.29, 1.82) is 5.26 Å². The molecule has 0 bridgehead atoms. The third kappa shape index (κ3) is 4.29. The number of hydrogen-bond acceptors (Lipinski definition) is 3. The molecule has 0 spiro atoms. The summed E-state index contributed by atoms with van der Waals surface area (Å²) >= 11 is 0. The van der Waals surface area contributed by atoms with Crippen molar-refractivity contribution in [2.75, 3.05) is 19.0 Å². The van der Waals surface area contributed by atoms with Gasteiger partial charge in [0.15, 0.2) is 0 Å². The van der Waals surface area contributed by atoms with E-state index in [-0.39, 0.29) is 0 Å². The van der Waals surface area contributed by atoms with E-state index in [2.05, 4.69) is 4.98 Å². The number of pyridine rings is 1. The standard InChI is InChI=1S/C7H10N2.C2H3N/c1-9(2)7-5-3-4-6-8-7;1-2-3/h3-6H,1-2H3;1H3. The number of aromatic nitrogens is 1. The minimum atomic E-state index is 0.998. The van der Waals surface area contributed by atoms with Crippen molar-refractivity contribution < 1.29 is 0 Å². The molecule has 0 aromatic carbocycles. The van der Waals surface area contributed by atoms with E-state index in [4.69, 9.17) is 5.26 Å². The van der Waals surface area contributed by atoms with Gasteiger partial charge in [-0.15, -0.1) is 0 Å². The van der Waals surface area contributed by atoms with Crippen LogP contribution in [-0.2, 0) is 0 Å². The molecule has 64 valence electrons. The summed E-state index contributed by atoms with van der Waals surface area (Å²) in [6.07, 6.45) is 1.79. The molecule has 12 heavy (non-hydrogen) atoms. The Kier molecular flexibility index (Phi) is 5.37. The molecular formula is C9H13N3. The van der Waals surface area contributed by atoms with Crippen molar-refractivity contribution in [3.8, 4) is 6.07 Å². The van der Waals surface area contributed by atoms with Gasteiger partial charge in [0.25, 0.3) is 0 Å². The van der Waals surface area contributed by atoms with Gasteiger partial charge in [0, 0.05) is 27.2 Å². The van der Waals surface area contributed by atoms with Crippen molar-refractivity contribution in [3.63, 3.8) is 0 Å². The van der Waals surface area contributed by atoms with Crippen LogP contribution in [0.2, 0.25) is 0 Å². The molecule has 0 amide bonds. The summed E-state index contributed by atoms with van der Waals surface area (Å²) in [5.74, 6) is 0.998. The number of nitriles is 1. The molecule has 3 heteroatoms. The summed E-state index contributed by atoms with van der Waals surface area (Å²) in [6, 6.07) is 7.61. The zero-order valence-corrected chi connectivity index (χ0v) is 7.65. The first-order valence-electron chi connectivity index (χ1n) is 3.61. The summed E-state index contributed by atoms with van der Waals surface area (Å²) in [5.41, 5.74) is 0. The molecule has 1 rings (SSSR count). The zero-order chi connectivity index (χ0) is 9.40. The van der Waals surface area contributed by atoms with Crippen LogP contribution in [0.1, 0.15) is 6.92 Å². The van der Waals surface area contributed by atoms with E-state index in [0.717, 1.165) is 5.82 Å². The van der Waals surface area contributed by atoms with Gasteiger partial charge >= 0.3 is 0 Å². The maximum Gasteiger partial charge on any atom is 0.127 e. The second kappa shape index (κ2) is 6.17. The molecule has 0 unspecified atom stereocenters. The molecule has 0 N–H and O–H groups in total. The lowest BCUT2D eigenvalue weighted by molar-refractivity contribution is 1.07. The maximum absolute atomic E-state index is 7.32. The van der Waals surface area contributed by atoms with Crippen molar-refractivity contribution >= 4 is 5.82 Å². The topological polar surface area (TPSA) is 39.9 Å². The number of nitrogens with zero attached hydrogens (tertiary/aromatic N) is 3. The van der Waals surface area contributed by atoms with Gasteiger partial charge in [-0.2, -0.15) is 5.26 Å². The van der Waals surface area contributed by atoms with Crippen LogP contribution in [-0.4, -0.2) is 19.1 Å². The Morgan fingerprint density at radius 2 is 2.00 bits per heavy atom. The molecule has 0 aliphatic carbocycles. The second-order valence-electron chi connectivity index (χ2n) is 2.31. The first kappa shape index (κ1) is 10.4. The third-order valence-corrected chi connectivity index (χ3v) is 1.11. The minimum absolute atomic E-state index is 0.998. The number of hydrogen-bond donors (Lipinski definition) is 0. The van der Waals surface area contributed by atoms with Crippen molar-refractivity contribution in [1.82, 2.24) is 4.98 Å². The van der Waals surface area contributed by atoms with E-state index < -0.39 is 0 Å². The van der Waals surface area contributed by atoms with Gasteiger partial charge < -0.3 is 4.90 Å². The summed E-state index contributed by atoms with van der Waals surface area (Å²) in [7, 11) is 3.95. The van der Waals surface area contributed by atoms with Gasteiger partial charge in [-0.25, -0.2) is 4.98 Å². The van der Waals surface area contributed by atoms with Gasteiger partial charge in [-0.1, -0.05) is 6.07 Å². The molecule has 0 aliphatic rings. The third-order valence-electron chi connectivity index (χ3n) is 1.11. The smallest absolute Gasteiger partial charge is 0.127 e. The molecule has 0 atom stereocenters.